The van der Waals surface area contributed by atoms with Gasteiger partial charge in [0, 0.05) is 6.04 Å². The summed E-state index contributed by atoms with van der Waals surface area (Å²) < 4.78 is 5.92. The predicted molar refractivity (Wildman–Crippen MR) is 84.4 cm³/mol. The first-order valence-electron chi connectivity index (χ1n) is 7.78. The Morgan fingerprint density at radius 2 is 2.00 bits per heavy atom. The molecule has 0 bridgehead atoms. The topological polar surface area (TPSA) is 41.5 Å². The fourth-order valence-corrected chi connectivity index (χ4v) is 2.16. The summed E-state index contributed by atoms with van der Waals surface area (Å²) in [5.41, 5.74) is 1.28. The van der Waals surface area contributed by atoms with Crippen LogP contribution in [0.25, 0.3) is 0 Å². The molecule has 1 aromatic rings. The van der Waals surface area contributed by atoms with E-state index in [1.807, 2.05) is 12.1 Å². The van der Waals surface area contributed by atoms with Crippen LogP contribution in [0.5, 0.6) is 5.75 Å². The van der Waals surface area contributed by atoms with Crippen molar-refractivity contribution < 1.29 is 9.84 Å². The molecule has 0 aliphatic heterocycles. The number of ether oxygens (including phenoxy) is 1. The van der Waals surface area contributed by atoms with Crippen molar-refractivity contribution in [2.75, 3.05) is 19.8 Å². The molecule has 2 N–H and O–H groups in total. The van der Waals surface area contributed by atoms with Gasteiger partial charge in [-0.2, -0.15) is 0 Å². The summed E-state index contributed by atoms with van der Waals surface area (Å²) in [7, 11) is 0. The summed E-state index contributed by atoms with van der Waals surface area (Å²) in [5, 5.41) is 12.6. The van der Waals surface area contributed by atoms with Gasteiger partial charge >= 0.3 is 0 Å². The molecule has 0 aliphatic rings. The first-order valence-corrected chi connectivity index (χ1v) is 7.78. The monoisotopic (exact) mass is 279 g/mol. The Labute approximate surface area is 123 Å². The van der Waals surface area contributed by atoms with Crippen molar-refractivity contribution in [3.63, 3.8) is 0 Å². The van der Waals surface area contributed by atoms with Crippen LogP contribution in [0.2, 0.25) is 0 Å². The van der Waals surface area contributed by atoms with E-state index in [1.165, 1.54) is 5.56 Å². The molecule has 20 heavy (non-hydrogen) atoms. The van der Waals surface area contributed by atoms with Gasteiger partial charge in [-0.3, -0.25) is 0 Å². The van der Waals surface area contributed by atoms with Crippen LogP contribution in [0.15, 0.2) is 24.3 Å². The molecule has 0 amide bonds. The molecule has 3 nitrogen and oxygen atoms in total. The molecule has 2 unspecified atom stereocenters. The SMILES string of the molecule is CCCNC(CO)CCOc1ccccc1C(C)CC. The van der Waals surface area contributed by atoms with Crippen LogP contribution in [0.3, 0.4) is 0 Å². The number of benzene rings is 1. The van der Waals surface area contributed by atoms with Gasteiger partial charge in [-0.05, 0) is 43.4 Å². The van der Waals surface area contributed by atoms with Gasteiger partial charge in [-0.25, -0.2) is 0 Å². The summed E-state index contributed by atoms with van der Waals surface area (Å²) in [6.45, 7) is 8.28. The number of hydrogen-bond acceptors (Lipinski definition) is 3. The van der Waals surface area contributed by atoms with Gasteiger partial charge in [0.1, 0.15) is 5.75 Å². The highest BCUT2D eigenvalue weighted by molar-refractivity contribution is 5.35. The Hall–Kier alpha value is -1.06. The lowest BCUT2D eigenvalue weighted by molar-refractivity contribution is 0.208. The van der Waals surface area contributed by atoms with Crippen molar-refractivity contribution in [3.8, 4) is 5.75 Å². The molecule has 3 heteroatoms. The van der Waals surface area contributed by atoms with Crippen LogP contribution in [0, 0.1) is 0 Å². The van der Waals surface area contributed by atoms with Crippen molar-refractivity contribution in [3.05, 3.63) is 29.8 Å². The molecule has 1 rings (SSSR count). The van der Waals surface area contributed by atoms with Crippen LogP contribution in [0.4, 0.5) is 0 Å². The van der Waals surface area contributed by atoms with E-state index in [0.717, 1.165) is 31.6 Å². The van der Waals surface area contributed by atoms with Crippen molar-refractivity contribution >= 4 is 0 Å². The first-order chi connectivity index (χ1) is 9.72. The minimum absolute atomic E-state index is 0.130. The van der Waals surface area contributed by atoms with Gasteiger partial charge in [0.05, 0.1) is 13.2 Å². The summed E-state index contributed by atoms with van der Waals surface area (Å²) in [5.74, 6) is 1.49. The number of hydrogen-bond donors (Lipinski definition) is 2. The van der Waals surface area contributed by atoms with E-state index >= 15 is 0 Å². The number of aliphatic hydroxyl groups excluding tert-OH is 1. The van der Waals surface area contributed by atoms with E-state index in [4.69, 9.17) is 4.74 Å². The van der Waals surface area contributed by atoms with Crippen LogP contribution < -0.4 is 10.1 Å². The number of rotatable bonds is 10. The minimum Gasteiger partial charge on any atom is -0.493 e. The zero-order valence-electron chi connectivity index (χ0n) is 13.1. The second-order valence-electron chi connectivity index (χ2n) is 5.32. The molecule has 0 radical (unpaired) electrons. The zero-order chi connectivity index (χ0) is 14.8. The van der Waals surface area contributed by atoms with E-state index in [-0.39, 0.29) is 12.6 Å². The fourth-order valence-electron chi connectivity index (χ4n) is 2.16. The molecule has 2 atom stereocenters. The Morgan fingerprint density at radius 1 is 1.25 bits per heavy atom. The summed E-state index contributed by atoms with van der Waals surface area (Å²) in [6.07, 6.45) is 3.01. The highest BCUT2D eigenvalue weighted by atomic mass is 16.5. The van der Waals surface area contributed by atoms with E-state index in [9.17, 15) is 5.11 Å². The standard InChI is InChI=1S/C17H29NO2/c1-4-11-18-15(13-19)10-12-20-17-9-7-6-8-16(17)14(3)5-2/h6-9,14-15,18-19H,4-5,10-13H2,1-3H3. The highest BCUT2D eigenvalue weighted by Gasteiger charge is 2.11. The Balaban J connectivity index is 2.48. The molecular weight excluding hydrogens is 250 g/mol. The van der Waals surface area contributed by atoms with E-state index in [2.05, 4.69) is 38.2 Å². The Bertz CT molecular complexity index is 368. The van der Waals surface area contributed by atoms with E-state index in [0.29, 0.717) is 12.5 Å². The van der Waals surface area contributed by atoms with Crippen LogP contribution in [-0.2, 0) is 0 Å². The van der Waals surface area contributed by atoms with Crippen LogP contribution in [-0.4, -0.2) is 30.9 Å². The molecular formula is C17H29NO2. The Kier molecular flexibility index (Phi) is 8.31. The summed E-state index contributed by atoms with van der Waals surface area (Å²) in [4.78, 5) is 0. The van der Waals surface area contributed by atoms with Gasteiger partial charge in [-0.15, -0.1) is 0 Å². The number of nitrogens with one attached hydrogen (secondary N) is 1. The van der Waals surface area contributed by atoms with E-state index in [1.54, 1.807) is 0 Å². The highest BCUT2D eigenvalue weighted by Crippen LogP contribution is 2.28. The first kappa shape index (κ1) is 17.0. The smallest absolute Gasteiger partial charge is 0.122 e. The lowest BCUT2D eigenvalue weighted by Crippen LogP contribution is -2.34. The van der Waals surface area contributed by atoms with Crippen molar-refractivity contribution in [1.82, 2.24) is 5.32 Å². The van der Waals surface area contributed by atoms with Gasteiger partial charge in [-0.1, -0.05) is 39.0 Å². The molecule has 114 valence electrons. The largest absolute Gasteiger partial charge is 0.493 e. The third kappa shape index (κ3) is 5.51. The molecule has 0 saturated carbocycles. The van der Waals surface area contributed by atoms with Gasteiger partial charge < -0.3 is 15.2 Å². The van der Waals surface area contributed by atoms with Gasteiger partial charge in [0.15, 0.2) is 0 Å². The van der Waals surface area contributed by atoms with Crippen LogP contribution in [0.1, 0.15) is 51.5 Å². The zero-order valence-corrected chi connectivity index (χ0v) is 13.1. The lowest BCUT2D eigenvalue weighted by atomic mass is 9.98. The second-order valence-corrected chi connectivity index (χ2v) is 5.32. The molecule has 0 aliphatic carbocycles. The van der Waals surface area contributed by atoms with Crippen molar-refractivity contribution in [1.29, 1.82) is 0 Å². The summed E-state index contributed by atoms with van der Waals surface area (Å²) in [6, 6.07) is 8.39. The lowest BCUT2D eigenvalue weighted by Gasteiger charge is -2.18. The summed E-state index contributed by atoms with van der Waals surface area (Å²) >= 11 is 0. The quantitative estimate of drug-likeness (QED) is 0.690. The molecule has 0 fully saturated rings. The maximum absolute atomic E-state index is 9.31. The number of aliphatic hydroxyl groups is 1. The number of para-hydroxylation sites is 1. The predicted octanol–water partition coefficient (Wildman–Crippen LogP) is 3.33. The van der Waals surface area contributed by atoms with E-state index < -0.39 is 0 Å². The second kappa shape index (κ2) is 9.78. The average Bonchev–Trinajstić information content (AvgIpc) is 2.50. The maximum atomic E-state index is 9.31. The maximum Gasteiger partial charge on any atom is 0.122 e. The molecule has 0 heterocycles. The van der Waals surface area contributed by atoms with Crippen LogP contribution >= 0.6 is 0 Å². The molecule has 1 aromatic carbocycles. The van der Waals surface area contributed by atoms with Gasteiger partial charge in [0.25, 0.3) is 0 Å². The average molecular weight is 279 g/mol. The minimum atomic E-state index is 0.130. The Morgan fingerprint density at radius 3 is 2.65 bits per heavy atom. The third-order valence-corrected chi connectivity index (χ3v) is 3.69. The van der Waals surface area contributed by atoms with Gasteiger partial charge in [0.2, 0.25) is 0 Å². The fraction of sp³-hybridized carbons (Fsp3) is 0.647. The normalized spacial score (nSPS) is 14.0. The molecule has 0 saturated heterocycles. The third-order valence-electron chi connectivity index (χ3n) is 3.69. The molecule has 0 spiro atoms. The van der Waals surface area contributed by atoms with Crippen molar-refractivity contribution in [2.24, 2.45) is 0 Å². The molecule has 0 aromatic heterocycles. The van der Waals surface area contributed by atoms with Crippen molar-refractivity contribution in [2.45, 2.75) is 52.0 Å².